The molecular formula is C28H32FN9O2. The number of carbonyl (C=O) groups is 1. The SMILES string of the molecule is C[C@H]1CC[C@@H](Nc2n[nH]c3nccc(-c4ccc(CNC(=O)c5noc(C(C)(C)C)n5)c(F)c4)c23)CN1CC#N. The van der Waals surface area contributed by atoms with E-state index in [2.05, 4.69) is 53.8 Å². The Morgan fingerprint density at radius 2 is 2.12 bits per heavy atom. The number of carbonyl (C=O) groups excluding carboxylic acids is 1. The molecule has 0 saturated carbocycles. The van der Waals surface area contributed by atoms with Gasteiger partial charge < -0.3 is 15.2 Å². The van der Waals surface area contributed by atoms with Crippen LogP contribution in [0.2, 0.25) is 0 Å². The molecule has 1 fully saturated rings. The summed E-state index contributed by atoms with van der Waals surface area (Å²) in [5, 5.41) is 27.3. The molecule has 0 aliphatic carbocycles. The number of halogens is 1. The monoisotopic (exact) mass is 545 g/mol. The van der Waals surface area contributed by atoms with Crippen LogP contribution in [0.3, 0.4) is 0 Å². The first-order chi connectivity index (χ1) is 19.1. The summed E-state index contributed by atoms with van der Waals surface area (Å²) < 4.78 is 20.4. The Balaban J connectivity index is 1.33. The molecule has 12 heteroatoms. The molecule has 40 heavy (non-hydrogen) atoms. The molecule has 1 aromatic carbocycles. The van der Waals surface area contributed by atoms with E-state index in [0.717, 1.165) is 30.3 Å². The van der Waals surface area contributed by atoms with Crippen molar-refractivity contribution >= 4 is 22.8 Å². The fourth-order valence-corrected chi connectivity index (χ4v) is 4.83. The molecule has 1 aliphatic heterocycles. The number of rotatable bonds is 7. The smallest absolute Gasteiger partial charge is 0.292 e. The van der Waals surface area contributed by atoms with Crippen molar-refractivity contribution in [3.05, 3.63) is 53.6 Å². The first-order valence-corrected chi connectivity index (χ1v) is 13.3. The van der Waals surface area contributed by atoms with Gasteiger partial charge >= 0.3 is 0 Å². The lowest BCUT2D eigenvalue weighted by molar-refractivity contribution is 0.0937. The number of nitrogens with zero attached hydrogens (tertiary/aromatic N) is 6. The van der Waals surface area contributed by atoms with Crippen molar-refractivity contribution < 1.29 is 13.7 Å². The van der Waals surface area contributed by atoms with Gasteiger partial charge in [-0.05, 0) is 43.0 Å². The summed E-state index contributed by atoms with van der Waals surface area (Å²) in [5.41, 5.74) is 1.95. The number of hydrogen-bond acceptors (Lipinski definition) is 9. The molecule has 0 bridgehead atoms. The normalized spacial score (nSPS) is 18.0. The van der Waals surface area contributed by atoms with Gasteiger partial charge in [0, 0.05) is 42.3 Å². The molecule has 1 aliphatic rings. The average molecular weight is 546 g/mol. The second-order valence-electron chi connectivity index (χ2n) is 11.2. The molecule has 0 spiro atoms. The van der Waals surface area contributed by atoms with Crippen molar-refractivity contribution in [3.63, 3.8) is 0 Å². The molecule has 3 aromatic heterocycles. The van der Waals surface area contributed by atoms with Gasteiger partial charge in [-0.15, -0.1) is 0 Å². The third-order valence-electron chi connectivity index (χ3n) is 7.16. The first-order valence-electron chi connectivity index (χ1n) is 13.3. The van der Waals surface area contributed by atoms with Crippen LogP contribution in [-0.2, 0) is 12.0 Å². The molecule has 0 radical (unpaired) electrons. The third kappa shape index (κ3) is 5.65. The topological polar surface area (TPSA) is 149 Å². The molecule has 208 valence electrons. The Kier molecular flexibility index (Phi) is 7.49. The molecule has 1 saturated heterocycles. The minimum atomic E-state index is -0.543. The lowest BCUT2D eigenvalue weighted by atomic mass is 9.97. The van der Waals surface area contributed by atoms with Crippen LogP contribution in [0, 0.1) is 17.1 Å². The van der Waals surface area contributed by atoms with E-state index >= 15 is 4.39 Å². The number of benzene rings is 1. The highest BCUT2D eigenvalue weighted by atomic mass is 19.1. The molecule has 3 N–H and O–H groups in total. The molecule has 4 heterocycles. The number of fused-ring (bicyclic) bond motifs is 1. The third-order valence-corrected chi connectivity index (χ3v) is 7.16. The predicted octanol–water partition coefficient (Wildman–Crippen LogP) is 4.16. The molecule has 4 aromatic rings. The van der Waals surface area contributed by atoms with Crippen LogP contribution >= 0.6 is 0 Å². The highest BCUT2D eigenvalue weighted by Gasteiger charge is 2.27. The number of piperidine rings is 1. The van der Waals surface area contributed by atoms with Crippen molar-refractivity contribution in [1.82, 2.24) is 35.5 Å². The minimum absolute atomic E-state index is 0.0338. The Bertz CT molecular complexity index is 1570. The van der Waals surface area contributed by atoms with Crippen LogP contribution in [0.1, 0.15) is 62.6 Å². The van der Waals surface area contributed by atoms with Gasteiger partial charge in [-0.3, -0.25) is 14.8 Å². The van der Waals surface area contributed by atoms with Crippen LogP contribution < -0.4 is 10.6 Å². The van der Waals surface area contributed by atoms with E-state index in [1.807, 2.05) is 26.8 Å². The van der Waals surface area contributed by atoms with E-state index in [9.17, 15) is 4.79 Å². The van der Waals surface area contributed by atoms with Crippen molar-refractivity contribution in [2.75, 3.05) is 18.4 Å². The van der Waals surface area contributed by atoms with E-state index in [1.165, 1.54) is 6.07 Å². The van der Waals surface area contributed by atoms with Crippen LogP contribution in [0.25, 0.3) is 22.2 Å². The molecule has 5 rings (SSSR count). The number of aromatic nitrogens is 5. The zero-order valence-corrected chi connectivity index (χ0v) is 23.0. The summed E-state index contributed by atoms with van der Waals surface area (Å²) in [6, 6.07) is 9.43. The fourth-order valence-electron chi connectivity index (χ4n) is 4.83. The Morgan fingerprint density at radius 1 is 1.30 bits per heavy atom. The largest absolute Gasteiger partial charge is 0.364 e. The Labute approximate surface area is 231 Å². The maximum absolute atomic E-state index is 15.2. The lowest BCUT2D eigenvalue weighted by Crippen LogP contribution is -2.46. The second-order valence-corrected chi connectivity index (χ2v) is 11.2. The molecule has 2 atom stereocenters. The number of hydrogen-bond donors (Lipinski definition) is 3. The van der Waals surface area contributed by atoms with E-state index < -0.39 is 11.7 Å². The summed E-state index contributed by atoms with van der Waals surface area (Å²) in [7, 11) is 0. The van der Waals surface area contributed by atoms with E-state index in [4.69, 9.17) is 9.78 Å². The van der Waals surface area contributed by atoms with Gasteiger partial charge in [0.1, 0.15) is 5.82 Å². The number of nitriles is 1. The number of amides is 1. The number of H-pyrrole nitrogens is 1. The second kappa shape index (κ2) is 11.0. The summed E-state index contributed by atoms with van der Waals surface area (Å²) >= 11 is 0. The number of likely N-dealkylation sites (tertiary alicyclic amines) is 1. The number of anilines is 1. The zero-order chi connectivity index (χ0) is 28.4. The van der Waals surface area contributed by atoms with Gasteiger partial charge in [0.15, 0.2) is 11.5 Å². The lowest BCUT2D eigenvalue weighted by Gasteiger charge is -2.36. The number of aromatic amines is 1. The van der Waals surface area contributed by atoms with Gasteiger partial charge in [-0.2, -0.15) is 15.3 Å². The summed E-state index contributed by atoms with van der Waals surface area (Å²) in [5.74, 6) is -0.108. The minimum Gasteiger partial charge on any atom is -0.364 e. The van der Waals surface area contributed by atoms with Gasteiger partial charge in [-0.1, -0.05) is 38.1 Å². The molecule has 11 nitrogen and oxygen atoms in total. The van der Waals surface area contributed by atoms with Crippen molar-refractivity contribution in [1.29, 1.82) is 5.26 Å². The fraction of sp³-hybridized carbons (Fsp3) is 0.429. The molecule has 0 unspecified atom stereocenters. The maximum atomic E-state index is 15.2. The maximum Gasteiger partial charge on any atom is 0.292 e. The van der Waals surface area contributed by atoms with E-state index in [-0.39, 0.29) is 23.8 Å². The van der Waals surface area contributed by atoms with Crippen molar-refractivity contribution in [3.8, 4) is 17.2 Å². The highest BCUT2D eigenvalue weighted by molar-refractivity contribution is 6.00. The van der Waals surface area contributed by atoms with Gasteiger partial charge in [-0.25, -0.2) is 9.37 Å². The van der Waals surface area contributed by atoms with Gasteiger partial charge in [0.2, 0.25) is 5.89 Å². The van der Waals surface area contributed by atoms with Gasteiger partial charge in [0.25, 0.3) is 11.7 Å². The Hall–Kier alpha value is -4.37. The Morgan fingerprint density at radius 3 is 2.85 bits per heavy atom. The van der Waals surface area contributed by atoms with Crippen LogP contribution in [-0.4, -0.2) is 61.3 Å². The van der Waals surface area contributed by atoms with E-state index in [1.54, 1.807) is 18.3 Å². The molecular weight excluding hydrogens is 513 g/mol. The first kappa shape index (κ1) is 27.2. The van der Waals surface area contributed by atoms with Gasteiger partial charge in [0.05, 0.1) is 18.0 Å². The van der Waals surface area contributed by atoms with Crippen LogP contribution in [0.4, 0.5) is 10.2 Å². The summed E-state index contributed by atoms with van der Waals surface area (Å²) in [4.78, 5) is 23.2. The van der Waals surface area contributed by atoms with Crippen LogP contribution in [0.15, 0.2) is 35.0 Å². The van der Waals surface area contributed by atoms with E-state index in [0.29, 0.717) is 41.1 Å². The average Bonchev–Trinajstić information content (AvgIpc) is 3.58. The number of nitrogens with one attached hydrogen (secondary N) is 3. The van der Waals surface area contributed by atoms with Crippen molar-refractivity contribution in [2.24, 2.45) is 0 Å². The standard InChI is InChI=1S/C28H32FN9O2/c1-16-5-8-19(15-38(16)12-10-30)33-24-22-20(9-11-31-23(22)35-36-24)17-6-7-18(21(29)13-17)14-32-26(39)25-34-27(40-37-25)28(2,3)4/h6-7,9,11,13,16,19H,5,8,12,14-15H2,1-4H3,(H,32,39)(H2,31,33,35,36)/t16-,19+/m0/s1. The summed E-state index contributed by atoms with van der Waals surface area (Å²) in [6.07, 6.45) is 3.57. The predicted molar refractivity (Wildman–Crippen MR) is 147 cm³/mol. The summed E-state index contributed by atoms with van der Waals surface area (Å²) in [6.45, 7) is 8.92. The quantitative estimate of drug-likeness (QED) is 0.291. The van der Waals surface area contributed by atoms with Crippen molar-refractivity contribution in [2.45, 2.75) is 64.6 Å². The molecule has 1 amide bonds. The highest BCUT2D eigenvalue weighted by Crippen LogP contribution is 2.33. The number of pyridine rings is 1. The zero-order valence-electron chi connectivity index (χ0n) is 23.0. The van der Waals surface area contributed by atoms with Crippen LogP contribution in [0.5, 0.6) is 0 Å².